The lowest BCUT2D eigenvalue weighted by atomic mass is 10.2. The maximum atomic E-state index is 5.98. The maximum Gasteiger partial charge on any atom is 0.221 e. The average molecular weight is 354 g/mol. The fourth-order valence-electron chi connectivity index (χ4n) is 2.51. The summed E-state index contributed by atoms with van der Waals surface area (Å²) in [4.78, 5) is 8.16. The second-order valence-electron chi connectivity index (χ2n) is 5.71. The van der Waals surface area contributed by atoms with Crippen LogP contribution in [0.3, 0.4) is 0 Å². The summed E-state index contributed by atoms with van der Waals surface area (Å²) in [5, 5.41) is 4.36. The summed E-state index contributed by atoms with van der Waals surface area (Å²) in [6, 6.07) is 5.66. The molecule has 0 fully saturated rings. The number of nitrogens with two attached hydrogens (primary N) is 1. The zero-order valence-corrected chi connectivity index (χ0v) is 14.9. The Morgan fingerprint density at radius 2 is 2.23 bits per heavy atom. The number of aryl methyl sites for hydroxylation is 2. The van der Waals surface area contributed by atoms with Gasteiger partial charge < -0.3 is 19.8 Å². The molecular weight excluding hydrogens is 332 g/mol. The van der Waals surface area contributed by atoms with Gasteiger partial charge >= 0.3 is 0 Å². The van der Waals surface area contributed by atoms with E-state index in [4.69, 9.17) is 15.2 Å². The van der Waals surface area contributed by atoms with Crippen molar-refractivity contribution in [3.05, 3.63) is 54.4 Å². The Hall–Kier alpha value is -3.29. The van der Waals surface area contributed by atoms with Crippen molar-refractivity contribution in [3.8, 4) is 11.5 Å². The van der Waals surface area contributed by atoms with Crippen LogP contribution in [0.15, 0.2) is 48.2 Å². The van der Waals surface area contributed by atoms with E-state index >= 15 is 0 Å². The van der Waals surface area contributed by atoms with Crippen LogP contribution in [0.5, 0.6) is 11.5 Å². The molecule has 0 aliphatic rings. The Bertz CT molecular complexity index is 870. The molecule has 136 valence electrons. The Labute approximate surface area is 151 Å². The van der Waals surface area contributed by atoms with Crippen molar-refractivity contribution in [2.75, 3.05) is 19.5 Å². The number of nitrogens with zero attached hydrogens (tertiary/aromatic N) is 5. The highest BCUT2D eigenvalue weighted by atomic mass is 16.5. The minimum Gasteiger partial charge on any atom is -0.493 e. The summed E-state index contributed by atoms with van der Waals surface area (Å²) >= 11 is 0. The fraction of sp³-hybridized carbons (Fsp3) is 0.278. The molecule has 2 heterocycles. The number of rotatable bonds is 8. The molecule has 2 aromatic heterocycles. The lowest BCUT2D eigenvalue weighted by Crippen LogP contribution is -2.06. The van der Waals surface area contributed by atoms with Crippen LogP contribution in [-0.2, 0) is 6.54 Å². The van der Waals surface area contributed by atoms with Gasteiger partial charge in [-0.25, -0.2) is 14.6 Å². The van der Waals surface area contributed by atoms with E-state index in [2.05, 4.69) is 15.1 Å². The molecule has 0 spiro atoms. The third-order valence-electron chi connectivity index (χ3n) is 3.75. The highest BCUT2D eigenvalue weighted by Crippen LogP contribution is 2.30. The number of hydrogen-bond donors (Lipinski definition) is 1. The van der Waals surface area contributed by atoms with Crippen molar-refractivity contribution in [1.82, 2.24) is 19.2 Å². The van der Waals surface area contributed by atoms with Crippen molar-refractivity contribution in [2.24, 2.45) is 5.10 Å². The molecule has 0 saturated heterocycles. The molecular formula is C18H22N6O2. The van der Waals surface area contributed by atoms with Gasteiger partial charge in [-0.3, -0.25) is 0 Å². The monoisotopic (exact) mass is 354 g/mol. The summed E-state index contributed by atoms with van der Waals surface area (Å²) in [7, 11) is 1.62. The lowest BCUT2D eigenvalue weighted by molar-refractivity contribution is 0.282. The predicted octanol–water partition coefficient (Wildman–Crippen LogP) is 2.33. The Balaban J connectivity index is 1.71. The van der Waals surface area contributed by atoms with Crippen LogP contribution >= 0.6 is 0 Å². The maximum absolute atomic E-state index is 5.98. The van der Waals surface area contributed by atoms with E-state index in [0.29, 0.717) is 24.1 Å². The van der Waals surface area contributed by atoms with E-state index in [9.17, 15) is 0 Å². The van der Waals surface area contributed by atoms with E-state index in [1.54, 1.807) is 32.0 Å². The topological polar surface area (TPSA) is 92.5 Å². The second-order valence-corrected chi connectivity index (χ2v) is 5.71. The number of imidazole rings is 2. The van der Waals surface area contributed by atoms with Gasteiger partial charge in [0.15, 0.2) is 11.5 Å². The van der Waals surface area contributed by atoms with Crippen LogP contribution in [0, 0.1) is 6.92 Å². The lowest BCUT2D eigenvalue weighted by Gasteiger charge is -2.13. The van der Waals surface area contributed by atoms with E-state index < -0.39 is 0 Å². The van der Waals surface area contributed by atoms with E-state index in [-0.39, 0.29) is 0 Å². The molecule has 0 saturated carbocycles. The number of anilines is 1. The minimum absolute atomic E-state index is 0.337. The van der Waals surface area contributed by atoms with Crippen LogP contribution in [0.1, 0.15) is 17.7 Å². The Morgan fingerprint density at radius 1 is 1.35 bits per heavy atom. The van der Waals surface area contributed by atoms with Gasteiger partial charge in [0.05, 0.1) is 38.1 Å². The third kappa shape index (κ3) is 4.21. The van der Waals surface area contributed by atoms with Gasteiger partial charge in [-0.2, -0.15) is 5.10 Å². The van der Waals surface area contributed by atoms with Crippen molar-refractivity contribution in [1.29, 1.82) is 0 Å². The Morgan fingerprint density at radius 3 is 2.92 bits per heavy atom. The van der Waals surface area contributed by atoms with Gasteiger partial charge in [0.25, 0.3) is 0 Å². The minimum atomic E-state index is 0.337. The molecule has 0 radical (unpaired) electrons. The molecule has 0 aliphatic heterocycles. The van der Waals surface area contributed by atoms with Gasteiger partial charge in [0, 0.05) is 24.5 Å². The van der Waals surface area contributed by atoms with Crippen LogP contribution in [0.25, 0.3) is 0 Å². The van der Waals surface area contributed by atoms with Gasteiger partial charge in [-0.1, -0.05) is 6.07 Å². The van der Waals surface area contributed by atoms with E-state index in [0.717, 1.165) is 24.2 Å². The van der Waals surface area contributed by atoms with Crippen LogP contribution in [0.2, 0.25) is 0 Å². The van der Waals surface area contributed by atoms with E-state index in [1.165, 1.54) is 4.68 Å². The quantitative estimate of drug-likeness (QED) is 0.495. The standard InChI is InChI=1S/C18H22N6O2/c1-14-12-24(18(19)22-14)21-11-15-5-3-6-16(25-2)17(15)26-10-4-8-23-9-7-20-13-23/h3,5-7,9,11-13H,4,8,10H2,1-2H3,(H2,19,22). The SMILES string of the molecule is COc1cccc(C=Nn2cc(C)nc2N)c1OCCCn1ccnc1. The fourth-order valence-corrected chi connectivity index (χ4v) is 2.51. The molecule has 8 nitrogen and oxygen atoms in total. The number of para-hydroxylation sites is 1. The number of ether oxygens (including phenoxy) is 2. The van der Waals surface area contributed by atoms with Crippen LogP contribution < -0.4 is 15.2 Å². The summed E-state index contributed by atoms with van der Waals surface area (Å²) < 4.78 is 14.9. The molecule has 0 amide bonds. The normalized spacial score (nSPS) is 11.2. The van der Waals surface area contributed by atoms with Crippen LogP contribution in [0.4, 0.5) is 5.95 Å². The zero-order valence-electron chi connectivity index (χ0n) is 14.9. The smallest absolute Gasteiger partial charge is 0.221 e. The van der Waals surface area contributed by atoms with Crippen molar-refractivity contribution in [2.45, 2.75) is 19.9 Å². The van der Waals surface area contributed by atoms with Gasteiger partial charge in [-0.15, -0.1) is 0 Å². The highest BCUT2D eigenvalue weighted by molar-refractivity contribution is 5.85. The molecule has 0 atom stereocenters. The molecule has 0 unspecified atom stereocenters. The summed E-state index contributed by atoms with van der Waals surface area (Å²) in [6.07, 6.45) is 9.78. The first-order valence-electron chi connectivity index (χ1n) is 8.28. The van der Waals surface area contributed by atoms with Gasteiger partial charge in [0.2, 0.25) is 5.95 Å². The van der Waals surface area contributed by atoms with Gasteiger partial charge in [0.1, 0.15) is 0 Å². The average Bonchev–Trinajstić information content (AvgIpc) is 3.26. The van der Waals surface area contributed by atoms with Crippen LogP contribution in [-0.4, -0.2) is 39.1 Å². The van der Waals surface area contributed by atoms with Crippen molar-refractivity contribution < 1.29 is 9.47 Å². The Kier molecular flexibility index (Phi) is 5.52. The van der Waals surface area contributed by atoms with Gasteiger partial charge in [-0.05, 0) is 25.5 Å². The van der Waals surface area contributed by atoms with E-state index in [1.807, 2.05) is 35.9 Å². The second kappa shape index (κ2) is 8.19. The van der Waals surface area contributed by atoms with Crippen molar-refractivity contribution >= 4 is 12.2 Å². The number of benzene rings is 1. The predicted molar refractivity (Wildman–Crippen MR) is 99.7 cm³/mol. The summed E-state index contributed by atoms with van der Waals surface area (Å²) in [5.41, 5.74) is 7.43. The first-order chi connectivity index (χ1) is 12.7. The number of hydrogen-bond acceptors (Lipinski definition) is 6. The molecule has 3 rings (SSSR count). The number of aromatic nitrogens is 4. The highest BCUT2D eigenvalue weighted by Gasteiger charge is 2.09. The third-order valence-corrected chi connectivity index (χ3v) is 3.75. The first-order valence-corrected chi connectivity index (χ1v) is 8.28. The molecule has 3 aromatic rings. The first kappa shape index (κ1) is 17.5. The molecule has 0 bridgehead atoms. The molecule has 2 N–H and O–H groups in total. The summed E-state index contributed by atoms with van der Waals surface area (Å²) in [5.74, 6) is 1.65. The number of methoxy groups -OCH3 is 1. The van der Waals surface area contributed by atoms with Crippen molar-refractivity contribution in [3.63, 3.8) is 0 Å². The molecule has 8 heteroatoms. The molecule has 1 aromatic carbocycles. The zero-order chi connectivity index (χ0) is 18.4. The molecule has 0 aliphatic carbocycles. The molecule has 26 heavy (non-hydrogen) atoms. The largest absolute Gasteiger partial charge is 0.493 e. The summed E-state index contributed by atoms with van der Waals surface area (Å²) in [6.45, 7) is 3.25. The number of nitrogen functional groups attached to an aromatic ring is 1.